The number of methoxy groups -OCH3 is 1. The van der Waals surface area contributed by atoms with E-state index in [9.17, 15) is 8.78 Å². The number of benzene rings is 2. The van der Waals surface area contributed by atoms with Crippen LogP contribution in [-0.4, -0.2) is 12.1 Å². The van der Waals surface area contributed by atoms with Gasteiger partial charge in [-0.05, 0) is 42.0 Å². The SMILES string of the molecule is COc1ccc(F)cc1CSCc1ccc(F)c2cccnc12. The molecule has 0 aliphatic rings. The van der Waals surface area contributed by atoms with Crippen LogP contribution in [0, 0.1) is 11.6 Å². The van der Waals surface area contributed by atoms with Crippen LogP contribution >= 0.6 is 11.8 Å². The smallest absolute Gasteiger partial charge is 0.132 e. The highest BCUT2D eigenvalue weighted by Gasteiger charge is 2.09. The van der Waals surface area contributed by atoms with E-state index >= 15 is 0 Å². The van der Waals surface area contributed by atoms with Crippen LogP contribution in [0.4, 0.5) is 8.78 Å². The fourth-order valence-electron chi connectivity index (χ4n) is 2.44. The van der Waals surface area contributed by atoms with Gasteiger partial charge in [0.1, 0.15) is 17.4 Å². The van der Waals surface area contributed by atoms with Crippen molar-refractivity contribution in [1.82, 2.24) is 4.98 Å². The van der Waals surface area contributed by atoms with Crippen molar-refractivity contribution in [3.8, 4) is 5.75 Å². The van der Waals surface area contributed by atoms with Crippen LogP contribution in [0.15, 0.2) is 48.7 Å². The molecule has 2 aromatic carbocycles. The quantitative estimate of drug-likeness (QED) is 0.660. The van der Waals surface area contributed by atoms with Crippen molar-refractivity contribution in [2.45, 2.75) is 11.5 Å². The number of pyridine rings is 1. The van der Waals surface area contributed by atoms with Gasteiger partial charge in [-0.2, -0.15) is 11.8 Å². The summed E-state index contributed by atoms with van der Waals surface area (Å²) in [5.74, 6) is 1.38. The largest absolute Gasteiger partial charge is 0.496 e. The average molecular weight is 331 g/mol. The molecular formula is C18H15F2NOS. The minimum atomic E-state index is -0.282. The van der Waals surface area contributed by atoms with Gasteiger partial charge in [0, 0.05) is 28.7 Å². The molecule has 23 heavy (non-hydrogen) atoms. The van der Waals surface area contributed by atoms with Crippen molar-refractivity contribution in [3.63, 3.8) is 0 Å². The topological polar surface area (TPSA) is 22.1 Å². The third-order valence-corrected chi connectivity index (χ3v) is 4.59. The Kier molecular flexibility index (Phi) is 4.76. The summed E-state index contributed by atoms with van der Waals surface area (Å²) in [5, 5.41) is 0.522. The summed E-state index contributed by atoms with van der Waals surface area (Å²) in [7, 11) is 1.57. The molecule has 0 N–H and O–H groups in total. The van der Waals surface area contributed by atoms with E-state index in [1.54, 1.807) is 49.3 Å². The zero-order valence-corrected chi connectivity index (χ0v) is 13.4. The van der Waals surface area contributed by atoms with Crippen LogP contribution in [0.2, 0.25) is 0 Å². The Morgan fingerprint density at radius 2 is 1.87 bits per heavy atom. The second-order valence-corrected chi connectivity index (χ2v) is 6.04. The predicted molar refractivity (Wildman–Crippen MR) is 89.7 cm³/mol. The molecule has 1 heterocycles. The maximum atomic E-state index is 13.8. The molecule has 3 aromatic rings. The molecule has 118 valence electrons. The van der Waals surface area contributed by atoms with Crippen molar-refractivity contribution < 1.29 is 13.5 Å². The molecule has 0 radical (unpaired) electrons. The first-order chi connectivity index (χ1) is 11.2. The number of fused-ring (bicyclic) bond motifs is 1. The van der Waals surface area contributed by atoms with E-state index in [0.717, 1.165) is 11.1 Å². The number of hydrogen-bond acceptors (Lipinski definition) is 3. The zero-order chi connectivity index (χ0) is 16.2. The highest BCUT2D eigenvalue weighted by atomic mass is 32.2. The number of ether oxygens (including phenoxy) is 1. The van der Waals surface area contributed by atoms with Gasteiger partial charge in [-0.25, -0.2) is 8.78 Å². The molecule has 0 aliphatic carbocycles. The van der Waals surface area contributed by atoms with Crippen LogP contribution in [0.5, 0.6) is 5.75 Å². The van der Waals surface area contributed by atoms with Crippen molar-refractivity contribution in [2.24, 2.45) is 0 Å². The molecule has 0 unspecified atom stereocenters. The van der Waals surface area contributed by atoms with E-state index in [1.165, 1.54) is 18.2 Å². The Labute approximate surface area is 137 Å². The number of thioether (sulfide) groups is 1. The van der Waals surface area contributed by atoms with Gasteiger partial charge in [-0.3, -0.25) is 4.98 Å². The molecule has 0 saturated carbocycles. The first-order valence-corrected chi connectivity index (χ1v) is 8.27. The lowest BCUT2D eigenvalue weighted by Crippen LogP contribution is -1.93. The van der Waals surface area contributed by atoms with Crippen molar-refractivity contribution in [1.29, 1.82) is 0 Å². The Morgan fingerprint density at radius 1 is 1.04 bits per heavy atom. The van der Waals surface area contributed by atoms with Gasteiger partial charge in [-0.1, -0.05) is 6.07 Å². The van der Waals surface area contributed by atoms with Crippen molar-refractivity contribution in [2.75, 3.05) is 7.11 Å². The van der Waals surface area contributed by atoms with Gasteiger partial charge < -0.3 is 4.74 Å². The normalized spacial score (nSPS) is 10.9. The Bertz CT molecular complexity index is 838. The number of nitrogens with zero attached hydrogens (tertiary/aromatic N) is 1. The summed E-state index contributed by atoms with van der Waals surface area (Å²) < 4.78 is 32.4. The van der Waals surface area contributed by atoms with Gasteiger partial charge in [0.2, 0.25) is 0 Å². The van der Waals surface area contributed by atoms with Gasteiger partial charge in [0.25, 0.3) is 0 Å². The highest BCUT2D eigenvalue weighted by Crippen LogP contribution is 2.28. The van der Waals surface area contributed by atoms with E-state index in [-0.39, 0.29) is 11.6 Å². The summed E-state index contributed by atoms with van der Waals surface area (Å²) >= 11 is 1.61. The molecule has 3 rings (SSSR count). The maximum absolute atomic E-state index is 13.8. The molecule has 1 aromatic heterocycles. The molecular weight excluding hydrogens is 316 g/mol. The number of rotatable bonds is 5. The predicted octanol–water partition coefficient (Wildman–Crippen LogP) is 4.96. The third kappa shape index (κ3) is 3.45. The summed E-state index contributed by atoms with van der Waals surface area (Å²) in [6.07, 6.45) is 1.66. The van der Waals surface area contributed by atoms with Crippen LogP contribution in [0.1, 0.15) is 11.1 Å². The summed E-state index contributed by atoms with van der Waals surface area (Å²) in [4.78, 5) is 4.28. The minimum Gasteiger partial charge on any atom is -0.496 e. The number of hydrogen-bond donors (Lipinski definition) is 0. The van der Waals surface area contributed by atoms with Gasteiger partial charge in [0.05, 0.1) is 12.6 Å². The van der Waals surface area contributed by atoms with E-state index in [1.807, 2.05) is 0 Å². The Morgan fingerprint density at radius 3 is 2.70 bits per heavy atom. The summed E-state index contributed by atoms with van der Waals surface area (Å²) in [5.41, 5.74) is 2.44. The second kappa shape index (κ2) is 6.96. The molecule has 0 amide bonds. The Hall–Kier alpha value is -2.14. The third-order valence-electron chi connectivity index (χ3n) is 3.56. The van der Waals surface area contributed by atoms with E-state index < -0.39 is 0 Å². The molecule has 0 saturated heterocycles. The lowest BCUT2D eigenvalue weighted by molar-refractivity contribution is 0.410. The van der Waals surface area contributed by atoms with Crippen molar-refractivity contribution >= 4 is 22.7 Å². The molecule has 0 spiro atoms. The summed E-state index contributed by atoms with van der Waals surface area (Å²) in [6, 6.07) is 11.1. The number of halogens is 2. The molecule has 0 atom stereocenters. The fourth-order valence-corrected chi connectivity index (χ4v) is 3.44. The average Bonchev–Trinajstić information content (AvgIpc) is 2.57. The van der Waals surface area contributed by atoms with Crippen molar-refractivity contribution in [3.05, 3.63) is 71.4 Å². The minimum absolute atomic E-state index is 0.270. The number of aromatic nitrogens is 1. The monoisotopic (exact) mass is 331 g/mol. The Balaban J connectivity index is 1.77. The second-order valence-electron chi connectivity index (χ2n) is 5.06. The first-order valence-electron chi connectivity index (χ1n) is 7.11. The van der Waals surface area contributed by atoms with Crippen LogP contribution in [-0.2, 0) is 11.5 Å². The van der Waals surface area contributed by atoms with E-state index in [0.29, 0.717) is 28.2 Å². The fraction of sp³-hybridized carbons (Fsp3) is 0.167. The van der Waals surface area contributed by atoms with E-state index in [4.69, 9.17) is 4.74 Å². The van der Waals surface area contributed by atoms with Crippen LogP contribution < -0.4 is 4.74 Å². The van der Waals surface area contributed by atoms with E-state index in [2.05, 4.69) is 4.98 Å². The highest BCUT2D eigenvalue weighted by molar-refractivity contribution is 7.97. The lowest BCUT2D eigenvalue weighted by atomic mass is 10.1. The molecule has 5 heteroatoms. The van der Waals surface area contributed by atoms with Gasteiger partial charge in [0.15, 0.2) is 0 Å². The van der Waals surface area contributed by atoms with Crippen LogP contribution in [0.3, 0.4) is 0 Å². The standard InChI is InChI=1S/C18H15F2NOS/c1-22-17-7-5-14(19)9-13(17)11-23-10-12-4-6-16(20)15-3-2-8-21-18(12)15/h2-9H,10-11H2,1H3. The first kappa shape index (κ1) is 15.7. The summed E-state index contributed by atoms with van der Waals surface area (Å²) in [6.45, 7) is 0. The molecule has 0 bridgehead atoms. The van der Waals surface area contributed by atoms with Gasteiger partial charge >= 0.3 is 0 Å². The van der Waals surface area contributed by atoms with Gasteiger partial charge in [-0.15, -0.1) is 0 Å². The molecule has 0 aliphatic heterocycles. The zero-order valence-electron chi connectivity index (χ0n) is 12.6. The van der Waals surface area contributed by atoms with Crippen LogP contribution in [0.25, 0.3) is 10.9 Å². The maximum Gasteiger partial charge on any atom is 0.132 e. The molecule has 2 nitrogen and oxygen atoms in total. The lowest BCUT2D eigenvalue weighted by Gasteiger charge is -2.09. The molecule has 0 fully saturated rings.